The summed E-state index contributed by atoms with van der Waals surface area (Å²) in [5, 5.41) is 0. The van der Waals surface area contributed by atoms with Crippen LogP contribution in [0.4, 0.5) is 0 Å². The quantitative estimate of drug-likeness (QED) is 0.452. The van der Waals surface area contributed by atoms with E-state index in [1.54, 1.807) is 0 Å². The Morgan fingerprint density at radius 1 is 1.00 bits per heavy atom. The van der Waals surface area contributed by atoms with Crippen LogP contribution in [0.15, 0.2) is 0 Å². The smallest absolute Gasteiger partial charge is 0.452 e. The number of hydrogen-bond donors (Lipinski definition) is 1. The second kappa shape index (κ2) is 10.4. The van der Waals surface area contributed by atoms with Crippen molar-refractivity contribution in [2.24, 2.45) is 5.73 Å². The number of unbranched alkanes of at least 4 members (excludes halogenated alkanes) is 1. The Bertz CT molecular complexity index is 210. The predicted octanol–water partition coefficient (Wildman–Crippen LogP) is 1.20. The Balaban J connectivity index is 4.39. The lowest BCUT2D eigenvalue weighted by molar-refractivity contribution is -0.144. The van der Waals surface area contributed by atoms with E-state index >= 15 is 0 Å². The molecule has 108 valence electrons. The Morgan fingerprint density at radius 3 is 1.89 bits per heavy atom. The molecule has 0 radical (unpaired) electrons. The summed E-state index contributed by atoms with van der Waals surface area (Å²) in [5.41, 5.74) is 5.37. The molecule has 0 rings (SSSR count). The van der Waals surface area contributed by atoms with Gasteiger partial charge in [0.2, 0.25) is 0 Å². The van der Waals surface area contributed by atoms with Crippen molar-refractivity contribution in [1.82, 2.24) is 0 Å². The highest BCUT2D eigenvalue weighted by molar-refractivity contribution is 6.55. The highest BCUT2D eigenvalue weighted by Gasteiger charge is 2.49. The first-order chi connectivity index (χ1) is 8.64. The standard InChI is InChI=1S/C11H25NO5Si/c1-4-14-18(15-5-2,16-6-3)17-11(13)9-7-8-10-12/h4-10,12H2,1-3H3. The molecule has 6 nitrogen and oxygen atoms in total. The Morgan fingerprint density at radius 2 is 1.50 bits per heavy atom. The van der Waals surface area contributed by atoms with E-state index < -0.39 is 9.05 Å². The lowest BCUT2D eigenvalue weighted by Crippen LogP contribution is -2.50. The van der Waals surface area contributed by atoms with E-state index in [9.17, 15) is 4.79 Å². The van der Waals surface area contributed by atoms with Crippen LogP contribution in [0.25, 0.3) is 0 Å². The van der Waals surface area contributed by atoms with Crippen molar-refractivity contribution < 1.29 is 22.5 Å². The zero-order valence-corrected chi connectivity index (χ0v) is 12.6. The summed E-state index contributed by atoms with van der Waals surface area (Å²) in [7, 11) is -3.30. The molecule has 0 aromatic carbocycles. The van der Waals surface area contributed by atoms with Crippen LogP contribution in [0.1, 0.15) is 40.0 Å². The van der Waals surface area contributed by atoms with Crippen LogP contribution in [-0.2, 0) is 22.5 Å². The second-order valence-corrected chi connectivity index (χ2v) is 5.59. The van der Waals surface area contributed by atoms with Gasteiger partial charge in [-0.05, 0) is 40.2 Å². The van der Waals surface area contributed by atoms with Crippen molar-refractivity contribution in [2.75, 3.05) is 26.4 Å². The fourth-order valence-corrected chi connectivity index (χ4v) is 3.22. The van der Waals surface area contributed by atoms with E-state index in [1.807, 2.05) is 20.8 Å². The average Bonchev–Trinajstić information content (AvgIpc) is 2.30. The van der Waals surface area contributed by atoms with Crippen LogP contribution in [0, 0.1) is 0 Å². The molecule has 7 heteroatoms. The van der Waals surface area contributed by atoms with Gasteiger partial charge in [-0.3, -0.25) is 4.79 Å². The molecule has 2 N–H and O–H groups in total. The maximum atomic E-state index is 11.7. The van der Waals surface area contributed by atoms with Gasteiger partial charge in [0.1, 0.15) is 0 Å². The number of carbonyl (C=O) groups excluding carboxylic acids is 1. The molecule has 0 bridgehead atoms. The van der Waals surface area contributed by atoms with Crippen LogP contribution >= 0.6 is 0 Å². The third-order valence-electron chi connectivity index (χ3n) is 2.04. The van der Waals surface area contributed by atoms with Gasteiger partial charge in [-0.1, -0.05) is 0 Å². The number of carbonyl (C=O) groups is 1. The summed E-state index contributed by atoms with van der Waals surface area (Å²) in [4.78, 5) is 11.7. The first kappa shape index (κ1) is 17.5. The topological polar surface area (TPSA) is 80.0 Å². The molecule has 0 saturated carbocycles. The fraction of sp³-hybridized carbons (Fsp3) is 0.909. The van der Waals surface area contributed by atoms with Gasteiger partial charge in [0.05, 0.1) is 0 Å². The second-order valence-electron chi connectivity index (χ2n) is 3.52. The van der Waals surface area contributed by atoms with E-state index in [0.717, 1.165) is 6.42 Å². The number of hydrogen-bond acceptors (Lipinski definition) is 6. The molecule has 0 spiro atoms. The summed E-state index contributed by atoms with van der Waals surface area (Å²) in [6.45, 7) is 7.12. The summed E-state index contributed by atoms with van der Waals surface area (Å²) in [6, 6.07) is 0. The summed E-state index contributed by atoms with van der Waals surface area (Å²) in [5.74, 6) is -0.356. The summed E-state index contributed by atoms with van der Waals surface area (Å²) < 4.78 is 21.5. The molecule has 18 heavy (non-hydrogen) atoms. The minimum atomic E-state index is -3.30. The van der Waals surface area contributed by atoms with Crippen LogP contribution in [0.5, 0.6) is 0 Å². The van der Waals surface area contributed by atoms with Gasteiger partial charge in [0.25, 0.3) is 5.97 Å². The SMILES string of the molecule is CCO[Si](OCC)(OCC)OC(=O)CCCCN. The highest BCUT2D eigenvalue weighted by Crippen LogP contribution is 2.14. The average molecular weight is 279 g/mol. The maximum absolute atomic E-state index is 11.7. The van der Waals surface area contributed by atoms with Crippen molar-refractivity contribution in [1.29, 1.82) is 0 Å². The van der Waals surface area contributed by atoms with Crippen LogP contribution in [-0.4, -0.2) is 41.4 Å². The van der Waals surface area contributed by atoms with E-state index in [0.29, 0.717) is 39.2 Å². The van der Waals surface area contributed by atoms with Gasteiger partial charge in [-0.25, -0.2) is 0 Å². The van der Waals surface area contributed by atoms with Crippen LogP contribution in [0.2, 0.25) is 0 Å². The first-order valence-corrected chi connectivity index (χ1v) is 8.11. The van der Waals surface area contributed by atoms with Gasteiger partial charge in [-0.15, -0.1) is 0 Å². The minimum Gasteiger partial charge on any atom is -0.452 e. The molecule has 0 aliphatic carbocycles. The van der Waals surface area contributed by atoms with E-state index in [-0.39, 0.29) is 5.97 Å². The predicted molar refractivity (Wildman–Crippen MR) is 69.6 cm³/mol. The number of rotatable bonds is 11. The Hall–Kier alpha value is -0.473. The highest BCUT2D eigenvalue weighted by atomic mass is 28.4. The zero-order valence-electron chi connectivity index (χ0n) is 11.6. The summed E-state index contributed by atoms with van der Waals surface area (Å²) in [6.07, 6.45) is 1.80. The van der Waals surface area contributed by atoms with Crippen molar-refractivity contribution in [3.05, 3.63) is 0 Å². The van der Waals surface area contributed by atoms with Gasteiger partial charge in [0.15, 0.2) is 0 Å². The molecule has 0 aromatic rings. The zero-order chi connectivity index (χ0) is 13.9. The summed E-state index contributed by atoms with van der Waals surface area (Å²) >= 11 is 0. The van der Waals surface area contributed by atoms with Crippen molar-refractivity contribution in [2.45, 2.75) is 40.0 Å². The van der Waals surface area contributed by atoms with E-state index in [4.69, 9.17) is 23.4 Å². The normalized spacial score (nSPS) is 11.6. The van der Waals surface area contributed by atoms with Gasteiger partial charge in [0, 0.05) is 26.2 Å². The van der Waals surface area contributed by atoms with Gasteiger partial charge < -0.3 is 23.4 Å². The molecule has 0 heterocycles. The molecule has 0 aromatic heterocycles. The van der Waals surface area contributed by atoms with Crippen LogP contribution < -0.4 is 5.73 Å². The lowest BCUT2D eigenvalue weighted by atomic mass is 10.2. The van der Waals surface area contributed by atoms with E-state index in [1.165, 1.54) is 0 Å². The molecular formula is C11H25NO5Si. The van der Waals surface area contributed by atoms with Gasteiger partial charge in [-0.2, -0.15) is 0 Å². The molecule has 0 saturated heterocycles. The maximum Gasteiger partial charge on any atom is 0.751 e. The largest absolute Gasteiger partial charge is 0.751 e. The van der Waals surface area contributed by atoms with E-state index in [2.05, 4.69) is 0 Å². The molecule has 0 aliphatic heterocycles. The van der Waals surface area contributed by atoms with Crippen molar-refractivity contribution >= 4 is 15.0 Å². The molecule has 0 unspecified atom stereocenters. The Labute approximate surface area is 110 Å². The van der Waals surface area contributed by atoms with Crippen LogP contribution in [0.3, 0.4) is 0 Å². The Kier molecular flexibility index (Phi) is 10.2. The van der Waals surface area contributed by atoms with Crippen molar-refractivity contribution in [3.63, 3.8) is 0 Å². The third-order valence-corrected chi connectivity index (χ3v) is 4.44. The fourth-order valence-electron chi connectivity index (χ4n) is 1.35. The molecule has 0 atom stereocenters. The van der Waals surface area contributed by atoms with Gasteiger partial charge >= 0.3 is 9.05 Å². The molecule has 0 aliphatic rings. The monoisotopic (exact) mass is 279 g/mol. The minimum absolute atomic E-state index is 0.305. The molecule has 0 fully saturated rings. The van der Waals surface area contributed by atoms with Crippen molar-refractivity contribution in [3.8, 4) is 0 Å². The lowest BCUT2D eigenvalue weighted by Gasteiger charge is -2.25. The number of nitrogens with two attached hydrogens (primary N) is 1. The first-order valence-electron chi connectivity index (χ1n) is 6.47. The third kappa shape index (κ3) is 7.07. The molecular weight excluding hydrogens is 254 g/mol. The molecule has 0 amide bonds.